The summed E-state index contributed by atoms with van der Waals surface area (Å²) in [5.41, 5.74) is 2.77. The maximum Gasteiger partial charge on any atom is 0.414 e. The molecular weight excluding hydrogens is 292 g/mol. The van der Waals surface area contributed by atoms with E-state index in [4.69, 9.17) is 9.47 Å². The summed E-state index contributed by atoms with van der Waals surface area (Å²) in [6.45, 7) is 9.26. The summed E-state index contributed by atoms with van der Waals surface area (Å²) < 4.78 is 11.1. The van der Waals surface area contributed by atoms with Crippen LogP contribution < -0.4 is 10.2 Å². The highest BCUT2D eigenvalue weighted by molar-refractivity contribution is 5.91. The number of carbonyl (C=O) groups is 1. The van der Waals surface area contributed by atoms with Crippen LogP contribution >= 0.6 is 0 Å². The van der Waals surface area contributed by atoms with Gasteiger partial charge in [-0.1, -0.05) is 0 Å². The van der Waals surface area contributed by atoms with Crippen molar-refractivity contribution in [2.24, 2.45) is 0 Å². The zero-order chi connectivity index (χ0) is 16.6. The molecule has 1 saturated heterocycles. The minimum absolute atomic E-state index is 0.238. The Labute approximate surface area is 137 Å². The highest BCUT2D eigenvalue weighted by Gasteiger charge is 2.29. The third kappa shape index (κ3) is 3.61. The van der Waals surface area contributed by atoms with Gasteiger partial charge in [0.2, 0.25) is 0 Å². The van der Waals surface area contributed by atoms with E-state index in [0.29, 0.717) is 12.6 Å². The van der Waals surface area contributed by atoms with Gasteiger partial charge in [-0.05, 0) is 64.3 Å². The van der Waals surface area contributed by atoms with E-state index in [1.807, 2.05) is 32.9 Å². The highest BCUT2D eigenvalue weighted by atomic mass is 16.6. The summed E-state index contributed by atoms with van der Waals surface area (Å²) in [5.74, 6) is 0. The lowest BCUT2D eigenvalue weighted by Crippen LogP contribution is -2.35. The van der Waals surface area contributed by atoms with Gasteiger partial charge < -0.3 is 14.8 Å². The number of anilines is 2. The smallest absolute Gasteiger partial charge is 0.414 e. The first-order valence-corrected chi connectivity index (χ1v) is 8.35. The molecule has 1 aromatic rings. The van der Waals surface area contributed by atoms with Gasteiger partial charge >= 0.3 is 6.09 Å². The monoisotopic (exact) mass is 318 g/mol. The molecule has 1 aromatic carbocycles. The first-order valence-electron chi connectivity index (χ1n) is 8.35. The van der Waals surface area contributed by atoms with Crippen molar-refractivity contribution in [2.75, 3.05) is 23.4 Å². The minimum atomic E-state index is -0.472. The van der Waals surface area contributed by atoms with Gasteiger partial charge in [0.25, 0.3) is 0 Å². The summed E-state index contributed by atoms with van der Waals surface area (Å²) in [6.07, 6.45) is 1.86. The quantitative estimate of drug-likeness (QED) is 0.905. The molecule has 1 fully saturated rings. The fraction of sp³-hybridized carbons (Fsp3) is 0.611. The molecule has 0 spiro atoms. The van der Waals surface area contributed by atoms with Crippen LogP contribution in [0.15, 0.2) is 18.2 Å². The summed E-state index contributed by atoms with van der Waals surface area (Å²) in [7, 11) is 0. The van der Waals surface area contributed by atoms with Gasteiger partial charge in [0, 0.05) is 18.8 Å². The van der Waals surface area contributed by atoms with Gasteiger partial charge in [-0.2, -0.15) is 0 Å². The van der Waals surface area contributed by atoms with Crippen molar-refractivity contribution < 1.29 is 14.3 Å². The number of fused-ring (bicyclic) bond motifs is 1. The van der Waals surface area contributed by atoms with Gasteiger partial charge in [0.1, 0.15) is 5.60 Å². The SMILES string of the molecule is C[C@@H]1OCC[C@@H]1Nc1ccc2c(c1)CCN2C(=O)OC(C)(C)C. The van der Waals surface area contributed by atoms with Crippen molar-refractivity contribution in [2.45, 2.75) is 58.3 Å². The van der Waals surface area contributed by atoms with Crippen LogP contribution in [0.4, 0.5) is 16.2 Å². The van der Waals surface area contributed by atoms with E-state index < -0.39 is 5.60 Å². The van der Waals surface area contributed by atoms with E-state index >= 15 is 0 Å². The Morgan fingerprint density at radius 3 is 2.83 bits per heavy atom. The van der Waals surface area contributed by atoms with Gasteiger partial charge in [-0.3, -0.25) is 4.90 Å². The third-order valence-corrected chi connectivity index (χ3v) is 4.32. The van der Waals surface area contributed by atoms with Crippen LogP contribution in [0.5, 0.6) is 0 Å². The van der Waals surface area contributed by atoms with Crippen molar-refractivity contribution in [1.82, 2.24) is 0 Å². The van der Waals surface area contributed by atoms with Crippen molar-refractivity contribution in [3.63, 3.8) is 0 Å². The first kappa shape index (κ1) is 16.1. The lowest BCUT2D eigenvalue weighted by molar-refractivity contribution is 0.0584. The second-order valence-electron chi connectivity index (χ2n) is 7.34. The fourth-order valence-electron chi connectivity index (χ4n) is 3.13. The molecule has 0 aliphatic carbocycles. The third-order valence-electron chi connectivity index (χ3n) is 4.32. The number of carbonyl (C=O) groups excluding carboxylic acids is 1. The molecule has 0 bridgehead atoms. The number of rotatable bonds is 2. The van der Waals surface area contributed by atoms with E-state index in [0.717, 1.165) is 30.8 Å². The summed E-state index contributed by atoms with van der Waals surface area (Å²) in [6, 6.07) is 6.54. The molecule has 2 aliphatic heterocycles. The van der Waals surface area contributed by atoms with E-state index in [2.05, 4.69) is 18.3 Å². The standard InChI is InChI=1S/C18H26N2O3/c1-12-15(8-10-22-12)19-14-5-6-16-13(11-14)7-9-20(16)17(21)23-18(2,3)4/h5-6,11-12,15,19H,7-10H2,1-4H3/t12-,15-/m0/s1. The summed E-state index contributed by atoms with van der Waals surface area (Å²) in [5, 5.41) is 3.54. The molecule has 23 heavy (non-hydrogen) atoms. The van der Waals surface area contributed by atoms with Crippen LogP contribution in [0.25, 0.3) is 0 Å². The number of amides is 1. The summed E-state index contributed by atoms with van der Waals surface area (Å²) in [4.78, 5) is 14.0. The maximum absolute atomic E-state index is 12.3. The van der Waals surface area contributed by atoms with Crippen LogP contribution in [0, 0.1) is 0 Å². The van der Waals surface area contributed by atoms with E-state index in [1.54, 1.807) is 4.90 Å². The number of ether oxygens (including phenoxy) is 2. The molecule has 2 heterocycles. The average Bonchev–Trinajstić information content (AvgIpc) is 3.03. The topological polar surface area (TPSA) is 50.8 Å². The summed E-state index contributed by atoms with van der Waals surface area (Å²) >= 11 is 0. The molecule has 0 unspecified atom stereocenters. The van der Waals surface area contributed by atoms with Gasteiger partial charge in [-0.25, -0.2) is 4.79 Å². The molecule has 0 aromatic heterocycles. The second-order valence-corrected chi connectivity index (χ2v) is 7.34. The largest absolute Gasteiger partial charge is 0.443 e. The highest BCUT2D eigenvalue weighted by Crippen LogP contribution is 2.32. The molecule has 1 N–H and O–H groups in total. The van der Waals surface area contributed by atoms with Crippen molar-refractivity contribution >= 4 is 17.5 Å². The Morgan fingerprint density at radius 2 is 2.17 bits per heavy atom. The lowest BCUT2D eigenvalue weighted by atomic mass is 10.1. The zero-order valence-corrected chi connectivity index (χ0v) is 14.4. The normalized spacial score (nSPS) is 23.7. The van der Waals surface area contributed by atoms with Crippen molar-refractivity contribution in [1.29, 1.82) is 0 Å². The van der Waals surface area contributed by atoms with Crippen molar-refractivity contribution in [3.05, 3.63) is 23.8 Å². The molecule has 3 rings (SSSR count). The molecule has 5 nitrogen and oxygen atoms in total. The number of nitrogens with zero attached hydrogens (tertiary/aromatic N) is 1. The number of hydrogen-bond acceptors (Lipinski definition) is 4. The molecule has 2 aliphatic rings. The van der Waals surface area contributed by atoms with Crippen LogP contribution in [-0.4, -0.2) is 37.0 Å². The Bertz CT molecular complexity index is 594. The Kier molecular flexibility index (Phi) is 4.23. The number of hydrogen-bond donors (Lipinski definition) is 1. The fourth-order valence-corrected chi connectivity index (χ4v) is 3.13. The Balaban J connectivity index is 1.71. The molecule has 2 atom stereocenters. The second kappa shape index (κ2) is 6.04. The van der Waals surface area contributed by atoms with E-state index in [1.165, 1.54) is 5.56 Å². The number of nitrogens with one attached hydrogen (secondary N) is 1. The van der Waals surface area contributed by atoms with Crippen molar-refractivity contribution in [3.8, 4) is 0 Å². The molecule has 1 amide bonds. The van der Waals surface area contributed by atoms with Crippen LogP contribution in [0.3, 0.4) is 0 Å². The lowest BCUT2D eigenvalue weighted by Gasteiger charge is -2.25. The molecular formula is C18H26N2O3. The maximum atomic E-state index is 12.3. The minimum Gasteiger partial charge on any atom is -0.443 e. The van der Waals surface area contributed by atoms with E-state index in [9.17, 15) is 4.79 Å². The molecule has 5 heteroatoms. The van der Waals surface area contributed by atoms with E-state index in [-0.39, 0.29) is 12.2 Å². The zero-order valence-electron chi connectivity index (χ0n) is 14.4. The van der Waals surface area contributed by atoms with Crippen LogP contribution in [0.2, 0.25) is 0 Å². The molecule has 126 valence electrons. The van der Waals surface area contributed by atoms with Gasteiger partial charge in [-0.15, -0.1) is 0 Å². The van der Waals surface area contributed by atoms with Crippen LogP contribution in [-0.2, 0) is 15.9 Å². The molecule has 0 saturated carbocycles. The van der Waals surface area contributed by atoms with Gasteiger partial charge in [0.05, 0.1) is 17.8 Å². The van der Waals surface area contributed by atoms with Gasteiger partial charge in [0.15, 0.2) is 0 Å². The average molecular weight is 318 g/mol. The first-order chi connectivity index (χ1) is 10.8. The predicted octanol–water partition coefficient (Wildman–Crippen LogP) is 3.57. The molecule has 0 radical (unpaired) electrons. The number of benzene rings is 1. The Hall–Kier alpha value is -1.75. The predicted molar refractivity (Wildman–Crippen MR) is 91.2 cm³/mol. The Morgan fingerprint density at radius 1 is 1.39 bits per heavy atom. The van der Waals surface area contributed by atoms with Crippen LogP contribution in [0.1, 0.15) is 39.7 Å².